The van der Waals surface area contributed by atoms with Crippen LogP contribution in [0.15, 0.2) is 211 Å². The van der Waals surface area contributed by atoms with Crippen molar-refractivity contribution in [1.82, 2.24) is 19.5 Å². The first-order valence-electron chi connectivity index (χ1n) is 20.2. The summed E-state index contributed by atoms with van der Waals surface area (Å²) in [5, 5.41) is 6.84. The fraction of sp³-hybridized carbons (Fsp3) is 0. The van der Waals surface area contributed by atoms with Crippen LogP contribution in [0.3, 0.4) is 0 Å². The molecule has 280 valence electrons. The summed E-state index contributed by atoms with van der Waals surface area (Å²) in [7, 11) is 0. The first-order valence-corrected chi connectivity index (χ1v) is 20.2. The van der Waals surface area contributed by atoms with Crippen LogP contribution < -0.4 is 0 Å². The number of para-hydroxylation sites is 2. The molecule has 12 aromatic rings. The van der Waals surface area contributed by atoms with Gasteiger partial charge in [-0.1, -0.05) is 164 Å². The summed E-state index contributed by atoms with van der Waals surface area (Å²) >= 11 is 0. The summed E-state index contributed by atoms with van der Waals surface area (Å²) in [6.45, 7) is 0. The van der Waals surface area contributed by atoms with E-state index in [-0.39, 0.29) is 0 Å². The minimum Gasteiger partial charge on any atom is -0.455 e. The highest BCUT2D eigenvalue weighted by molar-refractivity contribution is 6.18. The first kappa shape index (κ1) is 33.9. The Bertz CT molecular complexity index is 3590. The number of hydrogen-bond donors (Lipinski definition) is 0. The van der Waals surface area contributed by atoms with Crippen molar-refractivity contribution in [2.45, 2.75) is 0 Å². The molecule has 12 rings (SSSR count). The minimum atomic E-state index is 0.538. The van der Waals surface area contributed by atoms with Gasteiger partial charge in [-0.3, -0.25) is 0 Å². The van der Waals surface area contributed by atoms with Crippen LogP contribution in [0.2, 0.25) is 0 Å². The lowest BCUT2D eigenvalue weighted by atomic mass is 10.0. The van der Waals surface area contributed by atoms with Crippen LogP contribution in [0.25, 0.3) is 117 Å². The second kappa shape index (κ2) is 13.8. The highest BCUT2D eigenvalue weighted by atomic mass is 16.3. The van der Waals surface area contributed by atoms with E-state index in [1.54, 1.807) is 0 Å². The van der Waals surface area contributed by atoms with Gasteiger partial charge in [-0.2, -0.15) is 0 Å². The Morgan fingerprint density at radius 2 is 0.917 bits per heavy atom. The molecule has 0 atom stereocenters. The Morgan fingerprint density at radius 1 is 0.350 bits per heavy atom. The molecule has 0 aliphatic heterocycles. The molecule has 9 aromatic carbocycles. The van der Waals surface area contributed by atoms with Crippen molar-refractivity contribution in [2.24, 2.45) is 0 Å². The van der Waals surface area contributed by atoms with Crippen LogP contribution in [0.5, 0.6) is 0 Å². The average molecular weight is 767 g/mol. The molecule has 0 bridgehead atoms. The third-order valence-corrected chi connectivity index (χ3v) is 11.6. The normalized spacial score (nSPS) is 11.7. The maximum Gasteiger partial charge on any atom is 0.167 e. The summed E-state index contributed by atoms with van der Waals surface area (Å²) in [6.07, 6.45) is 0. The van der Waals surface area contributed by atoms with Crippen LogP contribution in [0, 0.1) is 0 Å². The molecular formula is C55H34N4O. The van der Waals surface area contributed by atoms with E-state index in [9.17, 15) is 0 Å². The molecule has 0 N–H and O–H groups in total. The SMILES string of the molecule is c1ccc(-c2ccc(-c3nc(-c4cccc(-c5ccccc5)c4)nc(-c4ccc(-n5c6ccccc6c6cc7ccccc7cc65)c5c4oc4ccccc45)n3)cc2)cc1. The molecule has 0 spiro atoms. The van der Waals surface area contributed by atoms with Gasteiger partial charge < -0.3 is 8.98 Å². The zero-order valence-electron chi connectivity index (χ0n) is 32.3. The molecule has 3 aromatic heterocycles. The molecule has 0 amide bonds. The van der Waals surface area contributed by atoms with Gasteiger partial charge >= 0.3 is 0 Å². The smallest absolute Gasteiger partial charge is 0.167 e. The molecule has 0 aliphatic rings. The van der Waals surface area contributed by atoms with Crippen LogP contribution in [0.4, 0.5) is 0 Å². The van der Waals surface area contributed by atoms with Gasteiger partial charge in [0, 0.05) is 27.3 Å². The Labute approximate surface area is 345 Å². The number of fused-ring (bicyclic) bond motifs is 7. The quantitative estimate of drug-likeness (QED) is 0.169. The molecule has 60 heavy (non-hydrogen) atoms. The summed E-state index contributed by atoms with van der Waals surface area (Å²) in [6, 6.07) is 72.1. The van der Waals surface area contributed by atoms with E-state index in [4.69, 9.17) is 19.4 Å². The molecule has 5 nitrogen and oxygen atoms in total. The third-order valence-electron chi connectivity index (χ3n) is 11.6. The molecule has 0 fully saturated rings. The van der Waals surface area contributed by atoms with Gasteiger partial charge in [0.05, 0.1) is 27.7 Å². The monoisotopic (exact) mass is 766 g/mol. The van der Waals surface area contributed by atoms with Crippen molar-refractivity contribution in [3.8, 4) is 62.1 Å². The van der Waals surface area contributed by atoms with Crippen molar-refractivity contribution in [1.29, 1.82) is 0 Å². The van der Waals surface area contributed by atoms with Crippen LogP contribution in [-0.2, 0) is 0 Å². The van der Waals surface area contributed by atoms with Crippen LogP contribution in [-0.4, -0.2) is 19.5 Å². The minimum absolute atomic E-state index is 0.538. The van der Waals surface area contributed by atoms with Gasteiger partial charge in [0.2, 0.25) is 0 Å². The third kappa shape index (κ3) is 5.59. The maximum absolute atomic E-state index is 6.89. The summed E-state index contributed by atoms with van der Waals surface area (Å²) < 4.78 is 9.28. The van der Waals surface area contributed by atoms with Crippen molar-refractivity contribution >= 4 is 54.5 Å². The lowest BCUT2D eigenvalue weighted by Gasteiger charge is -2.13. The Morgan fingerprint density at radius 3 is 1.70 bits per heavy atom. The highest BCUT2D eigenvalue weighted by Crippen LogP contribution is 2.43. The first-order chi connectivity index (χ1) is 29.7. The standard InChI is InChI=1S/C55H34N4O/c1-3-14-35(15-4-1)37-26-28-38(29-27-37)53-56-54(42-21-13-20-39(32-42)36-16-5-2-6-17-36)58-55(57-53)45-30-31-48(51-44-23-10-12-25-50(44)60-52(45)51)59-47-24-11-9-22-43(47)46-33-40-18-7-8-19-41(40)34-49(46)59/h1-34H. The Balaban J connectivity index is 1.10. The van der Waals surface area contributed by atoms with E-state index < -0.39 is 0 Å². The molecule has 0 unspecified atom stereocenters. The number of rotatable bonds is 6. The Kier molecular flexibility index (Phi) is 7.78. The molecule has 0 saturated heterocycles. The van der Waals surface area contributed by atoms with E-state index in [2.05, 4.69) is 187 Å². The zero-order valence-corrected chi connectivity index (χ0v) is 32.3. The zero-order chi connectivity index (χ0) is 39.6. The number of nitrogens with zero attached hydrogens (tertiary/aromatic N) is 4. The van der Waals surface area contributed by atoms with Crippen molar-refractivity contribution in [3.63, 3.8) is 0 Å². The molecular weight excluding hydrogens is 733 g/mol. The average Bonchev–Trinajstić information content (AvgIpc) is 3.87. The summed E-state index contributed by atoms with van der Waals surface area (Å²) in [5.41, 5.74) is 11.9. The predicted octanol–water partition coefficient (Wildman–Crippen LogP) is 14.4. The molecule has 0 radical (unpaired) electrons. The summed E-state index contributed by atoms with van der Waals surface area (Å²) in [5.74, 6) is 1.71. The highest BCUT2D eigenvalue weighted by Gasteiger charge is 2.23. The van der Waals surface area contributed by atoms with Gasteiger partial charge in [0.25, 0.3) is 0 Å². The summed E-state index contributed by atoms with van der Waals surface area (Å²) in [4.78, 5) is 15.7. The fourth-order valence-corrected chi connectivity index (χ4v) is 8.75. The number of aromatic nitrogens is 4. The maximum atomic E-state index is 6.89. The second-order valence-electron chi connectivity index (χ2n) is 15.2. The van der Waals surface area contributed by atoms with Gasteiger partial charge in [0.1, 0.15) is 11.2 Å². The van der Waals surface area contributed by atoms with Crippen LogP contribution >= 0.6 is 0 Å². The van der Waals surface area contributed by atoms with Crippen molar-refractivity contribution < 1.29 is 4.42 Å². The fourth-order valence-electron chi connectivity index (χ4n) is 8.75. The van der Waals surface area contributed by atoms with Crippen molar-refractivity contribution in [2.75, 3.05) is 0 Å². The van der Waals surface area contributed by atoms with E-state index in [1.165, 1.54) is 21.5 Å². The number of hydrogen-bond acceptors (Lipinski definition) is 4. The van der Waals surface area contributed by atoms with E-state index in [1.807, 2.05) is 24.3 Å². The van der Waals surface area contributed by atoms with Crippen LogP contribution in [0.1, 0.15) is 0 Å². The van der Waals surface area contributed by atoms with Gasteiger partial charge in [-0.15, -0.1) is 0 Å². The van der Waals surface area contributed by atoms with Gasteiger partial charge in [-0.25, -0.2) is 15.0 Å². The molecule has 3 heterocycles. The molecule has 0 saturated carbocycles. The van der Waals surface area contributed by atoms with E-state index >= 15 is 0 Å². The number of furan rings is 1. The second-order valence-corrected chi connectivity index (χ2v) is 15.2. The predicted molar refractivity (Wildman–Crippen MR) is 246 cm³/mol. The van der Waals surface area contributed by atoms with E-state index in [0.29, 0.717) is 17.5 Å². The number of benzene rings is 9. The Hall–Kier alpha value is -8.15. The molecule has 0 aliphatic carbocycles. The molecule has 5 heteroatoms. The lowest BCUT2D eigenvalue weighted by molar-refractivity contribution is 0.669. The topological polar surface area (TPSA) is 56.7 Å². The lowest BCUT2D eigenvalue weighted by Crippen LogP contribution is -2.01. The van der Waals surface area contributed by atoms with Gasteiger partial charge in [-0.05, 0) is 75.5 Å². The largest absolute Gasteiger partial charge is 0.455 e. The van der Waals surface area contributed by atoms with E-state index in [0.717, 1.165) is 77.6 Å². The van der Waals surface area contributed by atoms with Gasteiger partial charge in [0.15, 0.2) is 17.5 Å². The van der Waals surface area contributed by atoms with Crippen molar-refractivity contribution in [3.05, 3.63) is 206 Å².